The normalized spacial score (nSPS) is 10.7. The van der Waals surface area contributed by atoms with Crippen molar-refractivity contribution < 1.29 is 9.53 Å². The molecule has 0 spiro atoms. The molecule has 0 radical (unpaired) electrons. The van der Waals surface area contributed by atoms with E-state index in [9.17, 15) is 4.79 Å². The lowest BCUT2D eigenvalue weighted by molar-refractivity contribution is 0.102. The number of ether oxygens (including phenoxy) is 1. The molecule has 1 heterocycles. The van der Waals surface area contributed by atoms with Gasteiger partial charge in [-0.25, -0.2) is 4.98 Å². The molecule has 1 amide bonds. The van der Waals surface area contributed by atoms with Crippen LogP contribution in [-0.2, 0) is 11.3 Å². The molecule has 0 saturated carbocycles. The highest BCUT2D eigenvalue weighted by Gasteiger charge is 2.11. The Kier molecular flexibility index (Phi) is 5.26. The second-order valence-corrected chi connectivity index (χ2v) is 6.80. The van der Waals surface area contributed by atoms with E-state index < -0.39 is 0 Å². The van der Waals surface area contributed by atoms with Gasteiger partial charge in [-0.1, -0.05) is 29.8 Å². The summed E-state index contributed by atoms with van der Waals surface area (Å²) in [6, 6.07) is 13.7. The summed E-state index contributed by atoms with van der Waals surface area (Å²) < 4.78 is 5.08. The Balaban J connectivity index is 1.74. The van der Waals surface area contributed by atoms with Gasteiger partial charge in [-0.2, -0.15) is 0 Å². The molecule has 1 N–H and O–H groups in total. The molecule has 0 unspecified atom stereocenters. The predicted octanol–water partition coefficient (Wildman–Crippen LogP) is 4.83. The molecule has 0 fully saturated rings. The van der Waals surface area contributed by atoms with Crippen molar-refractivity contribution in [1.82, 2.24) is 4.98 Å². The maximum atomic E-state index is 12.4. The summed E-state index contributed by atoms with van der Waals surface area (Å²) in [4.78, 5) is 16.9. The lowest BCUT2D eigenvalue weighted by atomic mass is 10.0. The summed E-state index contributed by atoms with van der Waals surface area (Å²) in [7, 11) is 1.65. The molecule has 3 rings (SSSR count). The zero-order valence-electron chi connectivity index (χ0n) is 14.5. The number of thiazole rings is 1. The van der Waals surface area contributed by atoms with E-state index in [1.54, 1.807) is 19.2 Å². The molecule has 2 aromatic carbocycles. The molecule has 128 valence electrons. The van der Waals surface area contributed by atoms with Gasteiger partial charge in [-0.05, 0) is 43.2 Å². The van der Waals surface area contributed by atoms with E-state index in [1.807, 2.05) is 17.5 Å². The van der Waals surface area contributed by atoms with Crippen molar-refractivity contribution in [3.63, 3.8) is 0 Å². The monoisotopic (exact) mass is 352 g/mol. The fourth-order valence-corrected chi connectivity index (χ4v) is 3.26. The number of aromatic nitrogens is 1. The second-order valence-electron chi connectivity index (χ2n) is 5.94. The van der Waals surface area contributed by atoms with Gasteiger partial charge in [0.1, 0.15) is 0 Å². The van der Waals surface area contributed by atoms with Crippen LogP contribution in [0.2, 0.25) is 0 Å². The second kappa shape index (κ2) is 7.59. The van der Waals surface area contributed by atoms with E-state index in [4.69, 9.17) is 4.74 Å². The number of hydrogen-bond acceptors (Lipinski definition) is 4. The fraction of sp³-hybridized carbons (Fsp3) is 0.200. The number of methoxy groups -OCH3 is 1. The third kappa shape index (κ3) is 4.13. The van der Waals surface area contributed by atoms with Gasteiger partial charge in [-0.15, -0.1) is 11.3 Å². The number of nitrogens with one attached hydrogen (secondary N) is 1. The average Bonchev–Trinajstić information content (AvgIpc) is 3.06. The van der Waals surface area contributed by atoms with Crippen molar-refractivity contribution in [3.05, 3.63) is 70.1 Å². The zero-order valence-corrected chi connectivity index (χ0v) is 15.3. The molecular weight excluding hydrogens is 332 g/mol. The molecule has 3 aromatic rings. The molecule has 0 atom stereocenters. The first-order valence-electron chi connectivity index (χ1n) is 7.99. The van der Waals surface area contributed by atoms with Crippen LogP contribution >= 0.6 is 11.3 Å². The quantitative estimate of drug-likeness (QED) is 0.716. The minimum atomic E-state index is -0.161. The highest BCUT2D eigenvalue weighted by molar-refractivity contribution is 7.14. The van der Waals surface area contributed by atoms with Gasteiger partial charge in [0.05, 0.1) is 12.3 Å². The zero-order chi connectivity index (χ0) is 17.8. The molecular formula is C20H20N2O2S. The van der Waals surface area contributed by atoms with Crippen LogP contribution in [0.5, 0.6) is 0 Å². The molecule has 4 nitrogen and oxygen atoms in total. The Morgan fingerprint density at radius 3 is 2.64 bits per heavy atom. The topological polar surface area (TPSA) is 51.2 Å². The number of aryl methyl sites for hydroxylation is 2. The van der Waals surface area contributed by atoms with E-state index in [2.05, 4.69) is 42.3 Å². The minimum Gasteiger partial charge on any atom is -0.380 e. The Morgan fingerprint density at radius 1 is 1.16 bits per heavy atom. The number of rotatable bonds is 5. The summed E-state index contributed by atoms with van der Waals surface area (Å²) in [5.41, 5.74) is 5.98. The smallest absolute Gasteiger partial charge is 0.257 e. The number of carbonyl (C=O) groups is 1. The largest absolute Gasteiger partial charge is 0.380 e. The van der Waals surface area contributed by atoms with Crippen LogP contribution in [-0.4, -0.2) is 18.0 Å². The summed E-state index contributed by atoms with van der Waals surface area (Å²) in [5.74, 6) is -0.161. The molecule has 0 saturated heterocycles. The summed E-state index contributed by atoms with van der Waals surface area (Å²) in [5, 5.41) is 5.44. The summed E-state index contributed by atoms with van der Waals surface area (Å²) in [6.07, 6.45) is 0. The standard InChI is InChI=1S/C20H20N2O2S/c1-13-4-5-14(2)17(10-13)18-12-25-20(21-18)22-19(23)16-8-6-15(7-9-16)11-24-3/h4-10,12H,11H2,1-3H3,(H,21,22,23). The van der Waals surface area contributed by atoms with Gasteiger partial charge in [0, 0.05) is 23.6 Å². The lowest BCUT2D eigenvalue weighted by Crippen LogP contribution is -2.11. The first-order valence-corrected chi connectivity index (χ1v) is 8.87. The minimum absolute atomic E-state index is 0.161. The molecule has 0 aliphatic heterocycles. The van der Waals surface area contributed by atoms with E-state index >= 15 is 0 Å². The van der Waals surface area contributed by atoms with Crippen molar-refractivity contribution in [2.24, 2.45) is 0 Å². The predicted molar refractivity (Wildman–Crippen MR) is 102 cm³/mol. The van der Waals surface area contributed by atoms with Gasteiger partial charge in [0.15, 0.2) is 5.13 Å². The molecule has 0 bridgehead atoms. The molecule has 0 aliphatic rings. The van der Waals surface area contributed by atoms with E-state index in [0.29, 0.717) is 17.3 Å². The van der Waals surface area contributed by atoms with Crippen LogP contribution in [0.3, 0.4) is 0 Å². The van der Waals surface area contributed by atoms with Crippen LogP contribution in [0.25, 0.3) is 11.3 Å². The average molecular weight is 352 g/mol. The van der Waals surface area contributed by atoms with Crippen molar-refractivity contribution in [2.75, 3.05) is 12.4 Å². The lowest BCUT2D eigenvalue weighted by Gasteiger charge is -2.05. The SMILES string of the molecule is COCc1ccc(C(=O)Nc2nc(-c3cc(C)ccc3C)cs2)cc1. The maximum absolute atomic E-state index is 12.4. The highest BCUT2D eigenvalue weighted by Crippen LogP contribution is 2.28. The molecule has 25 heavy (non-hydrogen) atoms. The van der Waals surface area contributed by atoms with Crippen LogP contribution in [0, 0.1) is 13.8 Å². The first kappa shape index (κ1) is 17.3. The van der Waals surface area contributed by atoms with Crippen LogP contribution in [0.1, 0.15) is 27.0 Å². The van der Waals surface area contributed by atoms with Crippen molar-refractivity contribution >= 4 is 22.4 Å². The van der Waals surface area contributed by atoms with Crippen molar-refractivity contribution in [2.45, 2.75) is 20.5 Å². The molecule has 1 aromatic heterocycles. The maximum Gasteiger partial charge on any atom is 0.257 e. The van der Waals surface area contributed by atoms with E-state index in [0.717, 1.165) is 16.8 Å². The number of amides is 1. The Bertz CT molecular complexity index is 885. The number of nitrogens with zero attached hydrogens (tertiary/aromatic N) is 1. The van der Waals surface area contributed by atoms with Crippen LogP contribution in [0.15, 0.2) is 47.8 Å². The molecule has 0 aliphatic carbocycles. The number of hydrogen-bond donors (Lipinski definition) is 1. The summed E-state index contributed by atoms with van der Waals surface area (Å²) >= 11 is 1.43. The third-order valence-corrected chi connectivity index (χ3v) is 4.68. The first-order chi connectivity index (χ1) is 12.1. The Labute approximate surface area is 151 Å². The Morgan fingerprint density at radius 2 is 1.92 bits per heavy atom. The van der Waals surface area contributed by atoms with Gasteiger partial charge < -0.3 is 4.74 Å². The summed E-state index contributed by atoms with van der Waals surface area (Å²) in [6.45, 7) is 4.66. The third-order valence-electron chi connectivity index (χ3n) is 3.92. The molecule has 5 heteroatoms. The van der Waals surface area contributed by atoms with Gasteiger partial charge in [0.2, 0.25) is 0 Å². The highest BCUT2D eigenvalue weighted by atomic mass is 32.1. The number of carbonyl (C=O) groups excluding carboxylic acids is 1. The van der Waals surface area contributed by atoms with E-state index in [-0.39, 0.29) is 5.91 Å². The fourth-order valence-electron chi connectivity index (χ4n) is 2.55. The van der Waals surface area contributed by atoms with Crippen LogP contribution in [0.4, 0.5) is 5.13 Å². The number of anilines is 1. The van der Waals surface area contributed by atoms with Crippen LogP contribution < -0.4 is 5.32 Å². The van der Waals surface area contributed by atoms with Crippen molar-refractivity contribution in [3.8, 4) is 11.3 Å². The van der Waals surface area contributed by atoms with Gasteiger partial charge in [-0.3, -0.25) is 10.1 Å². The van der Waals surface area contributed by atoms with E-state index in [1.165, 1.54) is 22.5 Å². The van der Waals surface area contributed by atoms with Crippen molar-refractivity contribution in [1.29, 1.82) is 0 Å². The Hall–Kier alpha value is -2.50. The number of benzene rings is 2. The van der Waals surface area contributed by atoms with Gasteiger partial charge in [0.25, 0.3) is 5.91 Å². The van der Waals surface area contributed by atoms with Gasteiger partial charge >= 0.3 is 0 Å².